The number of aromatic nitrogens is 2. The van der Waals surface area contributed by atoms with Crippen LogP contribution in [0.1, 0.15) is 18.2 Å². The number of nitrogens with one attached hydrogen (secondary N) is 1. The molecule has 2 saturated heterocycles. The fourth-order valence-corrected chi connectivity index (χ4v) is 3.82. The number of hydrogen-bond donors (Lipinski definition) is 2. The molecule has 0 spiro atoms. The van der Waals surface area contributed by atoms with Crippen molar-refractivity contribution in [2.75, 3.05) is 50.6 Å². The highest BCUT2D eigenvalue weighted by atomic mass is 16.6. The zero-order valence-electron chi connectivity index (χ0n) is 17.6. The summed E-state index contributed by atoms with van der Waals surface area (Å²) in [5.74, 6) is 1.31. The van der Waals surface area contributed by atoms with E-state index in [9.17, 15) is 4.79 Å². The van der Waals surface area contributed by atoms with Crippen LogP contribution >= 0.6 is 0 Å². The Hall–Kier alpha value is -3.40. The predicted octanol–water partition coefficient (Wildman–Crippen LogP) is 1.53. The van der Waals surface area contributed by atoms with Crippen molar-refractivity contribution in [1.29, 1.82) is 5.41 Å². The van der Waals surface area contributed by atoms with Crippen molar-refractivity contribution in [1.82, 2.24) is 14.9 Å². The Morgan fingerprint density at radius 2 is 2.19 bits per heavy atom. The number of cyclic esters (lactones) is 1. The van der Waals surface area contributed by atoms with E-state index < -0.39 is 0 Å². The molecule has 164 valence electrons. The lowest BCUT2D eigenvalue weighted by atomic mass is 10.0. The van der Waals surface area contributed by atoms with Crippen LogP contribution in [0.4, 0.5) is 16.3 Å². The molecule has 2 unspecified atom stereocenters. The van der Waals surface area contributed by atoms with Crippen LogP contribution in [0.2, 0.25) is 0 Å². The molecule has 1 amide bonds. The van der Waals surface area contributed by atoms with Crippen LogP contribution in [0, 0.1) is 5.41 Å². The first kappa shape index (κ1) is 20.9. The van der Waals surface area contributed by atoms with Crippen molar-refractivity contribution < 1.29 is 19.0 Å². The summed E-state index contributed by atoms with van der Waals surface area (Å²) in [4.78, 5) is 24.2. The maximum Gasteiger partial charge on any atom is 0.410 e. The van der Waals surface area contributed by atoms with Crippen LogP contribution in [0.5, 0.6) is 5.75 Å². The molecule has 1 aromatic heterocycles. The van der Waals surface area contributed by atoms with E-state index in [0.717, 1.165) is 0 Å². The van der Waals surface area contributed by atoms with Crippen molar-refractivity contribution in [3.63, 3.8) is 0 Å². The maximum atomic E-state index is 11.7. The molecule has 0 aliphatic carbocycles. The third-order valence-electron chi connectivity index (χ3n) is 5.38. The number of rotatable bonds is 7. The Bertz CT molecular complexity index is 984. The first-order chi connectivity index (χ1) is 15.0. The normalized spacial score (nSPS) is 19.0. The Balaban J connectivity index is 1.53. The van der Waals surface area contributed by atoms with E-state index in [-0.39, 0.29) is 24.0 Å². The van der Waals surface area contributed by atoms with Gasteiger partial charge in [0.2, 0.25) is 0 Å². The molecule has 10 heteroatoms. The van der Waals surface area contributed by atoms with Crippen molar-refractivity contribution >= 4 is 23.3 Å². The number of methoxy groups -OCH3 is 1. The van der Waals surface area contributed by atoms with Crippen molar-refractivity contribution in [2.45, 2.75) is 19.1 Å². The van der Waals surface area contributed by atoms with Gasteiger partial charge in [-0.1, -0.05) is 0 Å². The smallest absolute Gasteiger partial charge is 0.410 e. The standard InChI is InChI=1S/C21H26N6O4/c1-13(10-29-2)31-15-3-4-17(22)16(7-15)20(23)18-8-19(25-12-24-18)26-5-6-27-14(9-26)11-30-21(27)28/h3-4,7-8,12-14,23H,5-6,9-11,22H2,1-2H3. The molecule has 0 bridgehead atoms. The minimum Gasteiger partial charge on any atom is -0.488 e. The summed E-state index contributed by atoms with van der Waals surface area (Å²) in [6, 6.07) is 7.02. The third kappa shape index (κ3) is 4.38. The predicted molar refractivity (Wildman–Crippen MR) is 115 cm³/mol. The number of piperazine rings is 1. The van der Waals surface area contributed by atoms with Gasteiger partial charge in [-0.15, -0.1) is 0 Å². The van der Waals surface area contributed by atoms with E-state index in [4.69, 9.17) is 25.4 Å². The number of benzene rings is 1. The summed E-state index contributed by atoms with van der Waals surface area (Å²) >= 11 is 0. The quantitative estimate of drug-likeness (QED) is 0.504. The molecule has 1 aromatic carbocycles. The molecule has 31 heavy (non-hydrogen) atoms. The van der Waals surface area contributed by atoms with Crippen LogP contribution < -0.4 is 15.4 Å². The fourth-order valence-electron chi connectivity index (χ4n) is 3.82. The second-order valence-corrected chi connectivity index (χ2v) is 7.64. The molecule has 2 aromatic rings. The van der Waals surface area contributed by atoms with Crippen LogP contribution in [0.3, 0.4) is 0 Å². The summed E-state index contributed by atoms with van der Waals surface area (Å²) in [6.07, 6.45) is 1.05. The van der Waals surface area contributed by atoms with Gasteiger partial charge in [0.05, 0.1) is 24.1 Å². The van der Waals surface area contributed by atoms with E-state index in [1.54, 1.807) is 36.3 Å². The highest BCUT2D eigenvalue weighted by Gasteiger charge is 2.37. The first-order valence-electron chi connectivity index (χ1n) is 10.1. The molecule has 2 aliphatic heterocycles. The van der Waals surface area contributed by atoms with Gasteiger partial charge in [-0.25, -0.2) is 14.8 Å². The van der Waals surface area contributed by atoms with Gasteiger partial charge in [0.15, 0.2) is 0 Å². The Morgan fingerprint density at radius 1 is 1.35 bits per heavy atom. The van der Waals surface area contributed by atoms with Gasteiger partial charge in [0, 0.05) is 44.1 Å². The minimum atomic E-state index is -0.257. The zero-order chi connectivity index (χ0) is 22.0. The van der Waals surface area contributed by atoms with Gasteiger partial charge in [0.25, 0.3) is 0 Å². The number of nitrogen functional groups attached to an aromatic ring is 1. The van der Waals surface area contributed by atoms with Gasteiger partial charge in [0.1, 0.15) is 30.6 Å². The van der Waals surface area contributed by atoms with E-state index in [1.165, 1.54) is 6.33 Å². The molecule has 2 atom stereocenters. The van der Waals surface area contributed by atoms with Gasteiger partial charge >= 0.3 is 6.09 Å². The topological polar surface area (TPSA) is 127 Å². The molecular formula is C21H26N6O4. The van der Waals surface area contributed by atoms with Crippen LogP contribution in [0.15, 0.2) is 30.6 Å². The molecule has 0 saturated carbocycles. The van der Waals surface area contributed by atoms with E-state index in [2.05, 4.69) is 14.9 Å². The fraction of sp³-hybridized carbons (Fsp3) is 0.429. The van der Waals surface area contributed by atoms with Crippen LogP contribution in [-0.2, 0) is 9.47 Å². The molecular weight excluding hydrogens is 400 g/mol. The summed E-state index contributed by atoms with van der Waals surface area (Å²) in [6.45, 7) is 4.58. The summed E-state index contributed by atoms with van der Waals surface area (Å²) < 4.78 is 16.1. The summed E-state index contributed by atoms with van der Waals surface area (Å²) in [5.41, 5.74) is 7.78. The van der Waals surface area contributed by atoms with Crippen LogP contribution in [0.25, 0.3) is 0 Å². The molecule has 2 fully saturated rings. The van der Waals surface area contributed by atoms with E-state index in [1.807, 2.05) is 6.92 Å². The highest BCUT2D eigenvalue weighted by molar-refractivity contribution is 6.13. The summed E-state index contributed by atoms with van der Waals surface area (Å²) in [5, 5.41) is 8.68. The number of carbonyl (C=O) groups excluding carboxylic acids is 1. The Labute approximate surface area is 180 Å². The average molecular weight is 426 g/mol. The van der Waals surface area contributed by atoms with Crippen molar-refractivity contribution in [3.05, 3.63) is 41.9 Å². The first-order valence-corrected chi connectivity index (χ1v) is 10.1. The number of nitrogens with zero attached hydrogens (tertiary/aromatic N) is 4. The lowest BCUT2D eigenvalue weighted by molar-refractivity contribution is 0.0921. The summed E-state index contributed by atoms with van der Waals surface area (Å²) in [7, 11) is 1.62. The number of carbonyl (C=O) groups is 1. The second-order valence-electron chi connectivity index (χ2n) is 7.64. The number of nitrogens with two attached hydrogens (primary N) is 1. The SMILES string of the molecule is COCC(C)Oc1ccc(N)c(C(=N)c2cc(N3CCN4C(=O)OCC4C3)ncn2)c1. The lowest BCUT2D eigenvalue weighted by Gasteiger charge is -2.36. The molecule has 0 radical (unpaired) electrons. The molecule has 2 aliphatic rings. The molecule has 3 N–H and O–H groups in total. The third-order valence-corrected chi connectivity index (χ3v) is 5.38. The monoisotopic (exact) mass is 426 g/mol. The second kappa shape index (κ2) is 8.76. The lowest BCUT2D eigenvalue weighted by Crippen LogP contribution is -2.52. The molecule has 4 rings (SSSR count). The van der Waals surface area contributed by atoms with Gasteiger partial charge in [-0.2, -0.15) is 0 Å². The Morgan fingerprint density at radius 3 is 3.00 bits per heavy atom. The largest absolute Gasteiger partial charge is 0.488 e. The number of hydrogen-bond acceptors (Lipinski definition) is 9. The molecule has 3 heterocycles. The van der Waals surface area contributed by atoms with Crippen LogP contribution in [-0.4, -0.2) is 78.8 Å². The van der Waals surface area contributed by atoms with Crippen molar-refractivity contribution in [2.24, 2.45) is 0 Å². The maximum absolute atomic E-state index is 11.7. The average Bonchev–Trinajstić information content (AvgIpc) is 3.15. The van der Waals surface area contributed by atoms with Gasteiger partial charge < -0.3 is 24.8 Å². The number of anilines is 2. The van der Waals surface area contributed by atoms with Gasteiger partial charge in [-0.05, 0) is 25.1 Å². The number of amides is 1. The van der Waals surface area contributed by atoms with Gasteiger partial charge in [-0.3, -0.25) is 10.3 Å². The Kier molecular flexibility index (Phi) is 5.90. The zero-order valence-corrected chi connectivity index (χ0v) is 17.6. The highest BCUT2D eigenvalue weighted by Crippen LogP contribution is 2.25. The number of fused-ring (bicyclic) bond motifs is 1. The molecule has 10 nitrogen and oxygen atoms in total. The minimum absolute atomic E-state index is 0.0117. The van der Waals surface area contributed by atoms with E-state index >= 15 is 0 Å². The number of ether oxygens (including phenoxy) is 3. The van der Waals surface area contributed by atoms with Crippen molar-refractivity contribution in [3.8, 4) is 5.75 Å². The van der Waals surface area contributed by atoms with E-state index in [0.29, 0.717) is 61.4 Å².